The Morgan fingerprint density at radius 2 is 1.80 bits per heavy atom. The molecule has 0 unspecified atom stereocenters. The fourth-order valence-corrected chi connectivity index (χ4v) is 4.76. The maximum atomic E-state index is 13.1. The number of esters is 1. The van der Waals surface area contributed by atoms with Crippen molar-refractivity contribution in [3.05, 3.63) is 96.9 Å². The van der Waals surface area contributed by atoms with E-state index in [1.54, 1.807) is 18.2 Å². The highest BCUT2D eigenvalue weighted by Gasteiger charge is 2.26. The number of rotatable bonds is 11. The quantitative estimate of drug-likeness (QED) is 0.231. The molecule has 2 heterocycles. The van der Waals surface area contributed by atoms with Gasteiger partial charge >= 0.3 is 18.3 Å². The minimum Gasteiger partial charge on any atom is -0.489 e. The maximum absolute atomic E-state index is 13.1. The first-order valence-electron chi connectivity index (χ1n) is 12.6. The van der Waals surface area contributed by atoms with Gasteiger partial charge in [-0.25, -0.2) is 9.36 Å². The third kappa shape index (κ3) is 6.86. The van der Waals surface area contributed by atoms with Crippen molar-refractivity contribution in [2.45, 2.75) is 38.5 Å². The van der Waals surface area contributed by atoms with Gasteiger partial charge in [0.2, 0.25) is 0 Å². The summed E-state index contributed by atoms with van der Waals surface area (Å²) in [5.74, 6) is -0.722. The minimum atomic E-state index is -3.08. The molecule has 1 atom stereocenters. The van der Waals surface area contributed by atoms with Crippen LogP contribution in [-0.2, 0) is 22.5 Å². The summed E-state index contributed by atoms with van der Waals surface area (Å²) in [5, 5.41) is 0.645. The van der Waals surface area contributed by atoms with Crippen LogP contribution in [0.25, 0.3) is 10.9 Å². The van der Waals surface area contributed by atoms with Gasteiger partial charge in [0.25, 0.3) is 5.56 Å². The highest BCUT2D eigenvalue weighted by molar-refractivity contribution is 6.35. The molecule has 1 saturated carbocycles. The van der Waals surface area contributed by atoms with Crippen LogP contribution in [0.5, 0.6) is 11.5 Å². The molecule has 0 amide bonds. The minimum absolute atomic E-state index is 0.0357. The Morgan fingerprint density at radius 3 is 2.51 bits per heavy atom. The number of aromatic nitrogens is 3. The molecule has 2 aromatic heterocycles. The molecule has 9 nitrogen and oxygen atoms in total. The number of hydrogen-bond donors (Lipinski definition) is 1. The van der Waals surface area contributed by atoms with Crippen molar-refractivity contribution < 1.29 is 27.8 Å². The third-order valence-electron chi connectivity index (χ3n) is 6.52. The number of carbonyl (C=O) groups is 1. The number of para-hydroxylation sites is 1. The number of alkyl halides is 2. The molecule has 1 aliphatic rings. The number of carbonyl (C=O) groups excluding carboxylic acids is 1. The molecule has 13 heteroatoms. The summed E-state index contributed by atoms with van der Waals surface area (Å²) < 4.78 is 43.0. The Labute approximate surface area is 241 Å². The van der Waals surface area contributed by atoms with Crippen molar-refractivity contribution in [1.29, 1.82) is 0 Å². The first-order chi connectivity index (χ1) is 19.7. The predicted molar refractivity (Wildman–Crippen MR) is 147 cm³/mol. The molecule has 0 spiro atoms. The molecule has 0 bridgehead atoms. The van der Waals surface area contributed by atoms with E-state index in [9.17, 15) is 23.2 Å². The van der Waals surface area contributed by atoms with Crippen LogP contribution in [0.3, 0.4) is 0 Å². The first-order valence-corrected chi connectivity index (χ1v) is 13.4. The standard InChI is InChI=1S/C28H23Cl2F2N3O6/c29-19-11-33-12-20(30)18(19)10-23(16-7-8-22(41-27(31)32)24(9-16)39-14-15-5-6-15)40-25(36)13-35-26(37)17-3-1-2-4-21(17)34-28(35)38/h1-4,7-9,11-12,15,23,27H,5-6,10,13-14H2,(H,34,38)/t23-/m0/s1. The van der Waals surface area contributed by atoms with E-state index in [4.69, 9.17) is 32.7 Å². The maximum Gasteiger partial charge on any atom is 0.387 e. The first kappa shape index (κ1) is 28.6. The number of fused-ring (bicyclic) bond motifs is 1. The highest BCUT2D eigenvalue weighted by Crippen LogP contribution is 2.37. The van der Waals surface area contributed by atoms with Crippen LogP contribution in [0.4, 0.5) is 8.78 Å². The number of H-pyrrole nitrogens is 1. The Morgan fingerprint density at radius 1 is 1.07 bits per heavy atom. The van der Waals surface area contributed by atoms with Gasteiger partial charge in [0.05, 0.1) is 27.6 Å². The monoisotopic (exact) mass is 605 g/mol. The summed E-state index contributed by atoms with van der Waals surface area (Å²) in [6, 6.07) is 10.6. The largest absolute Gasteiger partial charge is 0.489 e. The van der Waals surface area contributed by atoms with Crippen molar-refractivity contribution >= 4 is 40.1 Å². The normalized spacial score (nSPS) is 13.8. The number of halogens is 4. The molecule has 0 saturated heterocycles. The van der Waals surface area contributed by atoms with Crippen molar-refractivity contribution in [3.63, 3.8) is 0 Å². The Bertz CT molecular complexity index is 1690. The number of nitrogens with zero attached hydrogens (tertiary/aromatic N) is 2. The van der Waals surface area contributed by atoms with Crippen molar-refractivity contribution in [3.8, 4) is 11.5 Å². The van der Waals surface area contributed by atoms with E-state index in [0.29, 0.717) is 29.2 Å². The van der Waals surface area contributed by atoms with Crippen molar-refractivity contribution in [2.75, 3.05) is 6.61 Å². The number of aromatic amines is 1. The van der Waals surface area contributed by atoms with Gasteiger partial charge in [-0.3, -0.25) is 14.6 Å². The van der Waals surface area contributed by atoms with E-state index in [1.165, 1.54) is 36.7 Å². The number of ether oxygens (including phenoxy) is 3. The van der Waals surface area contributed by atoms with Gasteiger partial charge in [-0.1, -0.05) is 41.4 Å². The average Bonchev–Trinajstić information content (AvgIpc) is 3.76. The summed E-state index contributed by atoms with van der Waals surface area (Å²) in [7, 11) is 0. The zero-order valence-electron chi connectivity index (χ0n) is 21.3. The predicted octanol–water partition coefficient (Wildman–Crippen LogP) is 5.31. The van der Waals surface area contributed by atoms with E-state index in [-0.39, 0.29) is 33.4 Å². The van der Waals surface area contributed by atoms with Crippen LogP contribution in [-0.4, -0.2) is 33.7 Å². The van der Waals surface area contributed by atoms with Gasteiger partial charge < -0.3 is 19.2 Å². The summed E-state index contributed by atoms with van der Waals surface area (Å²) in [4.78, 5) is 45.2. The van der Waals surface area contributed by atoms with Gasteiger partial charge in [-0.2, -0.15) is 8.78 Å². The fourth-order valence-electron chi connectivity index (χ4n) is 4.24. The topological polar surface area (TPSA) is 113 Å². The third-order valence-corrected chi connectivity index (χ3v) is 7.17. The summed E-state index contributed by atoms with van der Waals surface area (Å²) >= 11 is 12.6. The molecular formula is C28H23Cl2F2N3O6. The number of nitrogens with one attached hydrogen (secondary N) is 1. The molecule has 2 aromatic carbocycles. The molecule has 1 N–H and O–H groups in total. The number of hydrogen-bond acceptors (Lipinski definition) is 7. The van der Waals surface area contributed by atoms with Gasteiger partial charge in [0.15, 0.2) is 11.5 Å². The Balaban J connectivity index is 1.47. The Kier molecular flexibility index (Phi) is 8.55. The van der Waals surface area contributed by atoms with Crippen LogP contribution in [0.2, 0.25) is 10.0 Å². The SMILES string of the molecule is O=C(Cn1c(=O)[nH]c2ccccc2c1=O)O[C@@H](Cc1c(Cl)cncc1Cl)c1ccc(OC(F)F)c(OCC2CC2)c1. The van der Waals surface area contributed by atoms with Crippen LogP contribution in [0.1, 0.15) is 30.1 Å². The lowest BCUT2D eigenvalue weighted by molar-refractivity contribution is -0.150. The second-order valence-corrected chi connectivity index (χ2v) is 10.3. The smallest absolute Gasteiger partial charge is 0.387 e. The second kappa shape index (κ2) is 12.3. The lowest BCUT2D eigenvalue weighted by Gasteiger charge is -2.21. The molecular weight excluding hydrogens is 583 g/mol. The van der Waals surface area contributed by atoms with Crippen LogP contribution in [0.15, 0.2) is 64.4 Å². The lowest BCUT2D eigenvalue weighted by Crippen LogP contribution is -2.38. The van der Waals surface area contributed by atoms with E-state index in [0.717, 1.165) is 17.4 Å². The van der Waals surface area contributed by atoms with Crippen LogP contribution >= 0.6 is 23.2 Å². The molecule has 5 rings (SSSR count). The van der Waals surface area contributed by atoms with Crippen LogP contribution < -0.4 is 20.7 Å². The van der Waals surface area contributed by atoms with Gasteiger partial charge in [0, 0.05) is 18.8 Å². The van der Waals surface area contributed by atoms with E-state index in [2.05, 4.69) is 14.7 Å². The molecule has 1 fully saturated rings. The van der Waals surface area contributed by atoms with Gasteiger partial charge in [-0.05, 0) is 54.2 Å². The molecule has 1 aliphatic carbocycles. The van der Waals surface area contributed by atoms with Crippen molar-refractivity contribution in [2.24, 2.45) is 5.92 Å². The van der Waals surface area contributed by atoms with E-state index < -0.39 is 36.5 Å². The average molecular weight is 606 g/mol. The highest BCUT2D eigenvalue weighted by atomic mass is 35.5. The van der Waals surface area contributed by atoms with E-state index >= 15 is 0 Å². The zero-order valence-corrected chi connectivity index (χ0v) is 22.8. The molecule has 41 heavy (non-hydrogen) atoms. The fraction of sp³-hybridized carbons (Fsp3) is 0.286. The van der Waals surface area contributed by atoms with Crippen molar-refractivity contribution in [1.82, 2.24) is 14.5 Å². The molecule has 214 valence electrons. The lowest BCUT2D eigenvalue weighted by atomic mass is 10.0. The Hall–Kier alpha value is -3.96. The molecule has 4 aromatic rings. The summed E-state index contributed by atoms with van der Waals surface area (Å²) in [5.41, 5.74) is -0.351. The second-order valence-electron chi connectivity index (χ2n) is 9.47. The number of pyridine rings is 1. The van der Waals surface area contributed by atoms with Crippen LogP contribution in [0, 0.1) is 5.92 Å². The number of benzene rings is 2. The van der Waals surface area contributed by atoms with Gasteiger partial charge in [-0.15, -0.1) is 0 Å². The molecule has 0 radical (unpaired) electrons. The molecule has 0 aliphatic heterocycles. The summed E-state index contributed by atoms with van der Waals surface area (Å²) in [6.45, 7) is -3.46. The summed E-state index contributed by atoms with van der Waals surface area (Å²) in [6.07, 6.45) is 3.58. The van der Waals surface area contributed by atoms with Gasteiger partial charge in [0.1, 0.15) is 12.6 Å². The van der Waals surface area contributed by atoms with E-state index in [1.807, 2.05) is 0 Å². The zero-order chi connectivity index (χ0) is 29.1.